The lowest BCUT2D eigenvalue weighted by Crippen LogP contribution is -2.42. The summed E-state index contributed by atoms with van der Waals surface area (Å²) >= 11 is 0. The quantitative estimate of drug-likeness (QED) is 0.746. The Bertz CT molecular complexity index is 398. The zero-order valence-corrected chi connectivity index (χ0v) is 12.1. The highest BCUT2D eigenvalue weighted by Gasteiger charge is 2.20. The second kappa shape index (κ2) is 8.25. The van der Waals surface area contributed by atoms with Crippen LogP contribution < -0.4 is 10.5 Å². The summed E-state index contributed by atoms with van der Waals surface area (Å²) in [5, 5.41) is 9.38. The van der Waals surface area contributed by atoms with E-state index < -0.39 is 0 Å². The van der Waals surface area contributed by atoms with Gasteiger partial charge in [0, 0.05) is 24.7 Å². The lowest BCUT2D eigenvalue weighted by Gasteiger charge is -2.34. The second-order valence-corrected chi connectivity index (χ2v) is 5.38. The van der Waals surface area contributed by atoms with Crippen LogP contribution in [0.5, 0.6) is 5.75 Å². The van der Waals surface area contributed by atoms with Gasteiger partial charge in [-0.2, -0.15) is 0 Å². The molecule has 112 valence electrons. The van der Waals surface area contributed by atoms with Crippen LogP contribution in [0.3, 0.4) is 0 Å². The van der Waals surface area contributed by atoms with Crippen molar-refractivity contribution in [2.75, 3.05) is 26.3 Å². The summed E-state index contributed by atoms with van der Waals surface area (Å²) in [6, 6.07) is 8.27. The number of nitrogens with zero attached hydrogens (tertiary/aromatic N) is 1. The van der Waals surface area contributed by atoms with Gasteiger partial charge in [0.25, 0.3) is 0 Å². The third kappa shape index (κ3) is 4.20. The average Bonchev–Trinajstić information content (AvgIpc) is 2.52. The molecule has 1 aliphatic rings. The Labute approximate surface area is 121 Å². The summed E-state index contributed by atoms with van der Waals surface area (Å²) in [6.45, 7) is 3.58. The highest BCUT2D eigenvalue weighted by Crippen LogP contribution is 2.19. The molecule has 1 aromatic rings. The number of aliphatic hydroxyl groups is 1. The van der Waals surface area contributed by atoms with Crippen molar-refractivity contribution >= 4 is 0 Å². The first-order chi connectivity index (χ1) is 9.85. The molecule has 1 fully saturated rings. The minimum atomic E-state index is 0.275. The summed E-state index contributed by atoms with van der Waals surface area (Å²) in [5.74, 6) is 0.896. The first kappa shape index (κ1) is 15.3. The minimum Gasteiger partial charge on any atom is -0.493 e. The van der Waals surface area contributed by atoms with Gasteiger partial charge in [0.05, 0.1) is 13.2 Å². The van der Waals surface area contributed by atoms with Crippen molar-refractivity contribution in [1.82, 2.24) is 4.90 Å². The van der Waals surface area contributed by atoms with Crippen LogP contribution in [0.15, 0.2) is 24.3 Å². The Hall–Kier alpha value is -1.10. The number of para-hydroxylation sites is 1. The lowest BCUT2D eigenvalue weighted by atomic mass is 10.0. The van der Waals surface area contributed by atoms with E-state index in [1.54, 1.807) is 0 Å². The number of hydrogen-bond donors (Lipinski definition) is 2. The molecule has 3 N–H and O–H groups in total. The topological polar surface area (TPSA) is 58.7 Å². The lowest BCUT2D eigenvalue weighted by molar-refractivity contribution is 0.0851. The third-order valence-electron chi connectivity index (χ3n) is 4.00. The molecule has 1 atom stereocenters. The molecule has 1 saturated heterocycles. The average molecular weight is 278 g/mol. The van der Waals surface area contributed by atoms with Crippen LogP contribution in [0.2, 0.25) is 0 Å². The zero-order chi connectivity index (χ0) is 14.2. The summed E-state index contributed by atoms with van der Waals surface area (Å²) in [6.07, 6.45) is 4.58. The van der Waals surface area contributed by atoms with E-state index >= 15 is 0 Å². The molecule has 4 nitrogen and oxygen atoms in total. The molecule has 1 aliphatic heterocycles. The van der Waals surface area contributed by atoms with Gasteiger partial charge in [-0.25, -0.2) is 0 Å². The van der Waals surface area contributed by atoms with Crippen molar-refractivity contribution in [2.45, 2.75) is 38.3 Å². The molecule has 0 bridgehead atoms. The van der Waals surface area contributed by atoms with Gasteiger partial charge in [-0.1, -0.05) is 24.6 Å². The summed E-state index contributed by atoms with van der Waals surface area (Å²) in [5.41, 5.74) is 6.75. The number of benzene rings is 1. The van der Waals surface area contributed by atoms with Crippen LogP contribution >= 0.6 is 0 Å². The standard InChI is InChI=1S/C16H26N2O2/c17-12-14-6-1-2-8-16(14)20-11-5-10-18-9-4-3-7-15(18)13-19/h1-2,6,8,15,19H,3-5,7,9-13,17H2. The number of nitrogens with two attached hydrogens (primary N) is 1. The van der Waals surface area contributed by atoms with Crippen molar-refractivity contribution in [3.8, 4) is 5.75 Å². The largest absolute Gasteiger partial charge is 0.493 e. The fourth-order valence-electron chi connectivity index (χ4n) is 2.82. The van der Waals surface area contributed by atoms with Crippen LogP contribution in [-0.4, -0.2) is 42.4 Å². The molecule has 2 rings (SSSR count). The molecule has 0 saturated carbocycles. The highest BCUT2D eigenvalue weighted by molar-refractivity contribution is 5.32. The summed E-state index contributed by atoms with van der Waals surface area (Å²) in [4.78, 5) is 2.39. The molecule has 0 amide bonds. The number of rotatable bonds is 7. The normalized spacial score (nSPS) is 20.0. The maximum atomic E-state index is 9.38. The first-order valence-electron chi connectivity index (χ1n) is 7.61. The van der Waals surface area contributed by atoms with E-state index in [-0.39, 0.29) is 6.61 Å². The molecule has 0 aliphatic carbocycles. The van der Waals surface area contributed by atoms with Crippen molar-refractivity contribution in [1.29, 1.82) is 0 Å². The number of likely N-dealkylation sites (tertiary alicyclic amines) is 1. The van der Waals surface area contributed by atoms with Crippen molar-refractivity contribution in [3.05, 3.63) is 29.8 Å². The van der Waals surface area contributed by atoms with Crippen LogP contribution in [0.1, 0.15) is 31.2 Å². The van der Waals surface area contributed by atoms with E-state index in [1.165, 1.54) is 12.8 Å². The van der Waals surface area contributed by atoms with Crippen molar-refractivity contribution in [3.63, 3.8) is 0 Å². The fourth-order valence-corrected chi connectivity index (χ4v) is 2.82. The predicted molar refractivity (Wildman–Crippen MR) is 80.7 cm³/mol. The monoisotopic (exact) mass is 278 g/mol. The van der Waals surface area contributed by atoms with Gasteiger partial charge >= 0.3 is 0 Å². The predicted octanol–water partition coefficient (Wildman–Crippen LogP) is 1.76. The van der Waals surface area contributed by atoms with Crippen LogP contribution in [0.25, 0.3) is 0 Å². The van der Waals surface area contributed by atoms with Crippen LogP contribution in [-0.2, 0) is 6.54 Å². The summed E-state index contributed by atoms with van der Waals surface area (Å²) < 4.78 is 5.82. The van der Waals surface area contributed by atoms with Crippen molar-refractivity contribution in [2.24, 2.45) is 5.73 Å². The van der Waals surface area contributed by atoms with E-state index in [1.807, 2.05) is 24.3 Å². The van der Waals surface area contributed by atoms with E-state index in [4.69, 9.17) is 10.5 Å². The molecule has 0 radical (unpaired) electrons. The zero-order valence-electron chi connectivity index (χ0n) is 12.1. The Morgan fingerprint density at radius 3 is 2.95 bits per heavy atom. The van der Waals surface area contributed by atoms with E-state index in [2.05, 4.69) is 4.90 Å². The van der Waals surface area contributed by atoms with Crippen LogP contribution in [0.4, 0.5) is 0 Å². The van der Waals surface area contributed by atoms with Gasteiger partial charge in [-0.05, 0) is 31.9 Å². The van der Waals surface area contributed by atoms with Crippen molar-refractivity contribution < 1.29 is 9.84 Å². The molecule has 1 aromatic carbocycles. The van der Waals surface area contributed by atoms with Gasteiger partial charge in [-0.3, -0.25) is 4.90 Å². The highest BCUT2D eigenvalue weighted by atomic mass is 16.5. The minimum absolute atomic E-state index is 0.275. The molecule has 1 unspecified atom stereocenters. The molecule has 4 heteroatoms. The number of aliphatic hydroxyl groups excluding tert-OH is 1. The Morgan fingerprint density at radius 1 is 1.30 bits per heavy atom. The molecule has 0 aromatic heterocycles. The molecular weight excluding hydrogens is 252 g/mol. The first-order valence-corrected chi connectivity index (χ1v) is 7.61. The number of piperidine rings is 1. The molecule has 1 heterocycles. The third-order valence-corrected chi connectivity index (χ3v) is 4.00. The fraction of sp³-hybridized carbons (Fsp3) is 0.625. The van der Waals surface area contributed by atoms with Gasteiger partial charge < -0.3 is 15.6 Å². The second-order valence-electron chi connectivity index (χ2n) is 5.38. The number of hydrogen-bond acceptors (Lipinski definition) is 4. The summed E-state index contributed by atoms with van der Waals surface area (Å²) in [7, 11) is 0. The van der Waals surface area contributed by atoms with Gasteiger partial charge in [-0.15, -0.1) is 0 Å². The maximum Gasteiger partial charge on any atom is 0.123 e. The van der Waals surface area contributed by atoms with E-state index in [0.717, 1.165) is 37.2 Å². The maximum absolute atomic E-state index is 9.38. The smallest absolute Gasteiger partial charge is 0.123 e. The Balaban J connectivity index is 1.73. The Kier molecular flexibility index (Phi) is 6.30. The number of ether oxygens (including phenoxy) is 1. The van der Waals surface area contributed by atoms with E-state index in [0.29, 0.717) is 19.2 Å². The van der Waals surface area contributed by atoms with Gasteiger partial charge in [0.2, 0.25) is 0 Å². The SMILES string of the molecule is NCc1ccccc1OCCCN1CCCCC1CO. The van der Waals surface area contributed by atoms with Gasteiger partial charge in [0.1, 0.15) is 5.75 Å². The van der Waals surface area contributed by atoms with Crippen LogP contribution in [0, 0.1) is 0 Å². The molecule has 0 spiro atoms. The Morgan fingerprint density at radius 2 is 2.15 bits per heavy atom. The molecular formula is C16H26N2O2. The van der Waals surface area contributed by atoms with Gasteiger partial charge in [0.15, 0.2) is 0 Å². The van der Waals surface area contributed by atoms with E-state index in [9.17, 15) is 5.11 Å². The molecule has 20 heavy (non-hydrogen) atoms.